The van der Waals surface area contributed by atoms with Crippen molar-refractivity contribution in [1.82, 2.24) is 4.98 Å². The Morgan fingerprint density at radius 1 is 1.11 bits per heavy atom. The van der Waals surface area contributed by atoms with Crippen LogP contribution in [0.2, 0.25) is 0 Å². The number of hydrogen-bond donors (Lipinski definition) is 1. The highest BCUT2D eigenvalue weighted by atomic mass is 16.5. The zero-order valence-electron chi connectivity index (χ0n) is 16.3. The molecular weight excluding hydrogens is 356 g/mol. The number of benzene rings is 2. The van der Waals surface area contributed by atoms with Crippen LogP contribution in [0.25, 0.3) is 11.3 Å². The van der Waals surface area contributed by atoms with Gasteiger partial charge < -0.3 is 19.2 Å². The van der Waals surface area contributed by atoms with E-state index < -0.39 is 0 Å². The number of nitrogens with one attached hydrogen (secondary N) is 1. The third kappa shape index (κ3) is 4.71. The van der Waals surface area contributed by atoms with E-state index >= 15 is 0 Å². The first kappa shape index (κ1) is 19.5. The predicted octanol–water partition coefficient (Wildman–Crippen LogP) is 4.49. The largest absolute Gasteiger partial charge is 0.497 e. The Balaban J connectivity index is 1.60. The minimum absolute atomic E-state index is 0.0778. The van der Waals surface area contributed by atoms with Crippen LogP contribution in [0.15, 0.2) is 53.1 Å². The van der Waals surface area contributed by atoms with Gasteiger partial charge >= 0.3 is 0 Å². The molecular formula is C22H24N2O4. The van der Waals surface area contributed by atoms with Crippen LogP contribution in [0, 0.1) is 0 Å². The van der Waals surface area contributed by atoms with E-state index in [1.54, 1.807) is 26.5 Å². The highest BCUT2D eigenvalue weighted by molar-refractivity contribution is 5.90. The summed E-state index contributed by atoms with van der Waals surface area (Å²) < 4.78 is 16.4. The number of carbonyl (C=O) groups is 1. The Morgan fingerprint density at radius 3 is 2.57 bits per heavy atom. The van der Waals surface area contributed by atoms with Crippen LogP contribution in [0.3, 0.4) is 0 Å². The normalized spacial score (nSPS) is 10.5. The Kier molecular flexibility index (Phi) is 6.32. The number of rotatable bonds is 8. The molecule has 0 aliphatic carbocycles. The zero-order valence-corrected chi connectivity index (χ0v) is 16.3. The maximum absolute atomic E-state index is 12.2. The molecule has 3 aromatic rings. The number of aromatic nitrogens is 1. The van der Waals surface area contributed by atoms with E-state index in [2.05, 4.69) is 17.2 Å². The molecule has 0 spiro atoms. The number of methoxy groups -OCH3 is 2. The number of carbonyl (C=O) groups excluding carboxylic acids is 1. The number of ether oxygens (including phenoxy) is 2. The molecule has 0 bridgehead atoms. The molecule has 1 N–H and O–H groups in total. The summed E-state index contributed by atoms with van der Waals surface area (Å²) in [7, 11) is 3.19. The molecule has 28 heavy (non-hydrogen) atoms. The molecule has 146 valence electrons. The predicted molar refractivity (Wildman–Crippen MR) is 108 cm³/mol. The molecule has 0 aliphatic rings. The summed E-state index contributed by atoms with van der Waals surface area (Å²) in [6, 6.07) is 13.3. The van der Waals surface area contributed by atoms with Crippen molar-refractivity contribution < 1.29 is 18.7 Å². The quantitative estimate of drug-likeness (QED) is 0.623. The minimum Gasteiger partial charge on any atom is -0.497 e. The average molecular weight is 380 g/mol. The van der Waals surface area contributed by atoms with Gasteiger partial charge in [-0.3, -0.25) is 4.79 Å². The lowest BCUT2D eigenvalue weighted by atomic mass is 10.1. The van der Waals surface area contributed by atoms with Crippen LogP contribution < -0.4 is 14.8 Å². The van der Waals surface area contributed by atoms with Crippen molar-refractivity contribution in [3.8, 4) is 22.8 Å². The van der Waals surface area contributed by atoms with Crippen molar-refractivity contribution in [1.29, 1.82) is 0 Å². The molecule has 3 rings (SSSR count). The zero-order chi connectivity index (χ0) is 19.9. The molecule has 6 heteroatoms. The third-order valence-corrected chi connectivity index (χ3v) is 4.44. The van der Waals surface area contributed by atoms with Gasteiger partial charge in [0.05, 0.1) is 26.0 Å². The van der Waals surface area contributed by atoms with Gasteiger partial charge in [-0.15, -0.1) is 0 Å². The second-order valence-electron chi connectivity index (χ2n) is 6.28. The van der Waals surface area contributed by atoms with Crippen LogP contribution in [0.4, 0.5) is 5.69 Å². The lowest BCUT2D eigenvalue weighted by Gasteiger charge is -2.08. The van der Waals surface area contributed by atoms with Crippen LogP contribution in [0.1, 0.15) is 24.8 Å². The molecule has 0 aliphatic heterocycles. The molecule has 1 aromatic heterocycles. The number of nitrogens with zero attached hydrogens (tertiary/aromatic N) is 1. The fourth-order valence-electron chi connectivity index (χ4n) is 2.82. The Morgan fingerprint density at radius 2 is 1.89 bits per heavy atom. The SMILES string of the molecule is CCc1ccc(NC(=O)CCc2ncc(-c3ccc(OC)cc3OC)o2)cc1. The van der Waals surface area contributed by atoms with Crippen molar-refractivity contribution in [3.63, 3.8) is 0 Å². The smallest absolute Gasteiger partial charge is 0.224 e. The molecule has 2 aromatic carbocycles. The lowest BCUT2D eigenvalue weighted by Crippen LogP contribution is -2.12. The molecule has 0 fully saturated rings. The summed E-state index contributed by atoms with van der Waals surface area (Å²) in [4.78, 5) is 16.5. The first-order valence-corrected chi connectivity index (χ1v) is 9.18. The molecule has 1 heterocycles. The van der Waals surface area contributed by atoms with Gasteiger partial charge in [0.2, 0.25) is 5.91 Å². The molecule has 0 saturated heterocycles. The standard InChI is InChI=1S/C22H24N2O4/c1-4-15-5-7-16(8-6-15)24-21(25)11-12-22-23-14-20(28-22)18-10-9-17(26-2)13-19(18)27-3/h5-10,13-14H,4,11-12H2,1-3H3,(H,24,25). The topological polar surface area (TPSA) is 73.6 Å². The lowest BCUT2D eigenvalue weighted by molar-refractivity contribution is -0.116. The van der Waals surface area contributed by atoms with Gasteiger partial charge in [-0.1, -0.05) is 19.1 Å². The monoisotopic (exact) mass is 380 g/mol. The Hall–Kier alpha value is -3.28. The van der Waals surface area contributed by atoms with Gasteiger partial charge in [0.15, 0.2) is 11.7 Å². The van der Waals surface area contributed by atoms with Gasteiger partial charge in [-0.05, 0) is 36.2 Å². The number of aryl methyl sites for hydroxylation is 2. The van der Waals surface area contributed by atoms with Gasteiger partial charge in [0.1, 0.15) is 11.5 Å². The second-order valence-corrected chi connectivity index (χ2v) is 6.28. The van der Waals surface area contributed by atoms with E-state index in [9.17, 15) is 4.79 Å². The van der Waals surface area contributed by atoms with Crippen molar-refractivity contribution in [2.24, 2.45) is 0 Å². The first-order valence-electron chi connectivity index (χ1n) is 9.18. The molecule has 0 radical (unpaired) electrons. The molecule has 0 unspecified atom stereocenters. The van der Waals surface area contributed by atoms with Crippen LogP contribution >= 0.6 is 0 Å². The van der Waals surface area contributed by atoms with E-state index in [1.165, 1.54) is 5.56 Å². The third-order valence-electron chi connectivity index (χ3n) is 4.44. The van der Waals surface area contributed by atoms with E-state index in [1.807, 2.05) is 36.4 Å². The maximum atomic E-state index is 12.2. The van der Waals surface area contributed by atoms with Crippen molar-refractivity contribution >= 4 is 11.6 Å². The van der Waals surface area contributed by atoms with E-state index in [0.717, 1.165) is 17.7 Å². The first-order chi connectivity index (χ1) is 13.6. The number of oxazole rings is 1. The summed E-state index contributed by atoms with van der Waals surface area (Å²) >= 11 is 0. The molecule has 1 amide bonds. The van der Waals surface area contributed by atoms with Crippen LogP contribution in [-0.2, 0) is 17.6 Å². The molecule has 6 nitrogen and oxygen atoms in total. The maximum Gasteiger partial charge on any atom is 0.224 e. The fourth-order valence-corrected chi connectivity index (χ4v) is 2.82. The molecule has 0 atom stereocenters. The Labute approximate surface area is 164 Å². The van der Waals surface area contributed by atoms with E-state index in [0.29, 0.717) is 29.6 Å². The van der Waals surface area contributed by atoms with Crippen molar-refractivity contribution in [3.05, 3.63) is 60.1 Å². The fraction of sp³-hybridized carbons (Fsp3) is 0.273. The van der Waals surface area contributed by atoms with Crippen molar-refractivity contribution in [2.45, 2.75) is 26.2 Å². The summed E-state index contributed by atoms with van der Waals surface area (Å²) in [5.41, 5.74) is 2.81. The minimum atomic E-state index is -0.0778. The number of anilines is 1. The highest BCUT2D eigenvalue weighted by Crippen LogP contribution is 2.33. The van der Waals surface area contributed by atoms with Gasteiger partial charge in [0.25, 0.3) is 0 Å². The van der Waals surface area contributed by atoms with Gasteiger partial charge in [0, 0.05) is 24.6 Å². The van der Waals surface area contributed by atoms with Gasteiger partial charge in [-0.25, -0.2) is 4.98 Å². The summed E-state index contributed by atoms with van der Waals surface area (Å²) in [6.07, 6.45) is 3.31. The second kappa shape index (κ2) is 9.08. The summed E-state index contributed by atoms with van der Waals surface area (Å²) in [6.45, 7) is 2.10. The molecule has 0 saturated carbocycles. The van der Waals surface area contributed by atoms with Crippen molar-refractivity contribution in [2.75, 3.05) is 19.5 Å². The average Bonchev–Trinajstić information content (AvgIpc) is 3.21. The summed E-state index contributed by atoms with van der Waals surface area (Å²) in [5.74, 6) is 2.35. The highest BCUT2D eigenvalue weighted by Gasteiger charge is 2.13. The summed E-state index contributed by atoms with van der Waals surface area (Å²) in [5, 5.41) is 2.89. The Bertz CT molecular complexity index is 932. The number of hydrogen-bond acceptors (Lipinski definition) is 5. The van der Waals surface area contributed by atoms with Crippen LogP contribution in [-0.4, -0.2) is 25.1 Å². The van der Waals surface area contributed by atoms with Crippen LogP contribution in [0.5, 0.6) is 11.5 Å². The number of amides is 1. The van der Waals surface area contributed by atoms with Gasteiger partial charge in [-0.2, -0.15) is 0 Å². The van der Waals surface area contributed by atoms with E-state index in [-0.39, 0.29) is 12.3 Å². The van der Waals surface area contributed by atoms with E-state index in [4.69, 9.17) is 13.9 Å².